The van der Waals surface area contributed by atoms with Crippen LogP contribution in [0.25, 0.3) is 0 Å². The molecule has 0 bridgehead atoms. The van der Waals surface area contributed by atoms with Gasteiger partial charge >= 0.3 is 0 Å². The third-order valence-electron chi connectivity index (χ3n) is 2.58. The minimum Gasteiger partial charge on any atom is -0.375 e. The molecular weight excluding hydrogens is 198 g/mol. The molecule has 1 aromatic carbocycles. The maximum Gasteiger partial charge on any atom is 0.0717 e. The van der Waals surface area contributed by atoms with Crippen LogP contribution in [0.2, 0.25) is 0 Å². The van der Waals surface area contributed by atoms with Crippen LogP contribution in [0.5, 0.6) is 0 Å². The first kappa shape index (κ1) is 12.9. The quantitative estimate of drug-likeness (QED) is 0.682. The van der Waals surface area contributed by atoms with Gasteiger partial charge in [0, 0.05) is 0 Å². The Hall–Kier alpha value is -1.12. The summed E-state index contributed by atoms with van der Waals surface area (Å²) in [5.41, 5.74) is 2.35. The van der Waals surface area contributed by atoms with Gasteiger partial charge in [-0.05, 0) is 26.6 Å². The van der Waals surface area contributed by atoms with E-state index in [0.29, 0.717) is 19.3 Å². The van der Waals surface area contributed by atoms with Crippen LogP contribution in [0.15, 0.2) is 42.5 Å². The number of nitrogens with zero attached hydrogens (tertiary/aromatic N) is 1. The van der Waals surface area contributed by atoms with Gasteiger partial charge in [-0.1, -0.05) is 42.5 Å². The molecule has 0 radical (unpaired) electrons. The van der Waals surface area contributed by atoms with Gasteiger partial charge in [-0.15, -0.1) is 0 Å². The fourth-order valence-corrected chi connectivity index (χ4v) is 1.59. The summed E-state index contributed by atoms with van der Waals surface area (Å²) in [6.07, 6.45) is 0. The Balaban J connectivity index is 2.37. The van der Waals surface area contributed by atoms with Crippen LogP contribution in [-0.2, 0) is 11.3 Å². The molecule has 0 spiro atoms. The Morgan fingerprint density at radius 3 is 2.44 bits per heavy atom. The van der Waals surface area contributed by atoms with E-state index < -0.39 is 0 Å². The maximum atomic E-state index is 5.70. The van der Waals surface area contributed by atoms with Crippen LogP contribution < -0.4 is 0 Å². The zero-order valence-corrected chi connectivity index (χ0v) is 10.4. The molecule has 16 heavy (non-hydrogen) atoms. The zero-order chi connectivity index (χ0) is 12.0. The van der Waals surface area contributed by atoms with Crippen molar-refractivity contribution in [1.29, 1.82) is 0 Å². The maximum absolute atomic E-state index is 5.70. The summed E-state index contributed by atoms with van der Waals surface area (Å²) >= 11 is 0. The molecule has 1 rings (SSSR count). The second-order valence-electron chi connectivity index (χ2n) is 4.33. The third-order valence-corrected chi connectivity index (χ3v) is 2.58. The van der Waals surface area contributed by atoms with Crippen molar-refractivity contribution in [1.82, 2.24) is 4.90 Å². The topological polar surface area (TPSA) is 12.5 Å². The Kier molecular flexibility index (Phi) is 5.23. The van der Waals surface area contributed by atoms with Gasteiger partial charge in [-0.2, -0.15) is 0 Å². The highest BCUT2D eigenvalue weighted by atomic mass is 16.5. The highest BCUT2D eigenvalue weighted by Gasteiger charge is 2.11. The molecule has 2 nitrogen and oxygen atoms in total. The molecule has 0 saturated heterocycles. The van der Waals surface area contributed by atoms with Gasteiger partial charge in [0.15, 0.2) is 0 Å². The van der Waals surface area contributed by atoms with Crippen molar-refractivity contribution < 1.29 is 4.74 Å². The molecule has 0 aliphatic carbocycles. The highest BCUT2D eigenvalue weighted by molar-refractivity contribution is 5.13. The largest absolute Gasteiger partial charge is 0.375 e. The van der Waals surface area contributed by atoms with Crippen molar-refractivity contribution in [2.75, 3.05) is 20.7 Å². The number of likely N-dealkylation sites (N-methyl/N-ethyl adjacent to an activating group) is 1. The Labute approximate surface area is 98.5 Å². The second-order valence-corrected chi connectivity index (χ2v) is 4.33. The molecule has 0 saturated carbocycles. The van der Waals surface area contributed by atoms with E-state index in [2.05, 4.69) is 23.6 Å². The van der Waals surface area contributed by atoms with Gasteiger partial charge in [0.05, 0.1) is 19.3 Å². The van der Waals surface area contributed by atoms with E-state index in [1.54, 1.807) is 0 Å². The smallest absolute Gasteiger partial charge is 0.0717 e. The summed E-state index contributed by atoms with van der Waals surface area (Å²) in [6, 6.07) is 10.5. The number of rotatable bonds is 6. The molecule has 0 aliphatic heterocycles. The second kappa shape index (κ2) is 6.46. The number of benzene rings is 1. The van der Waals surface area contributed by atoms with Crippen LogP contribution in [0.3, 0.4) is 0 Å². The fraction of sp³-hybridized carbons (Fsp3) is 0.429. The summed E-state index contributed by atoms with van der Waals surface area (Å²) in [5.74, 6) is 0. The first-order valence-corrected chi connectivity index (χ1v) is 5.54. The lowest BCUT2D eigenvalue weighted by atomic mass is 10.1. The summed E-state index contributed by atoms with van der Waals surface area (Å²) in [4.78, 5) is 2.13. The molecule has 0 N–H and O–H groups in total. The molecule has 88 valence electrons. The van der Waals surface area contributed by atoms with E-state index in [1.165, 1.54) is 5.56 Å². The lowest BCUT2D eigenvalue weighted by Crippen LogP contribution is -2.33. The summed E-state index contributed by atoms with van der Waals surface area (Å²) in [7, 11) is 4.09. The normalized spacial score (nSPS) is 12.8. The molecule has 0 aromatic heterocycles. The van der Waals surface area contributed by atoms with E-state index in [9.17, 15) is 0 Å². The van der Waals surface area contributed by atoms with Crippen LogP contribution in [0.4, 0.5) is 0 Å². The molecule has 1 atom stereocenters. The average molecular weight is 219 g/mol. The van der Waals surface area contributed by atoms with E-state index >= 15 is 0 Å². The van der Waals surface area contributed by atoms with Gasteiger partial charge in [0.1, 0.15) is 0 Å². The summed E-state index contributed by atoms with van der Waals surface area (Å²) in [6.45, 7) is 7.38. The van der Waals surface area contributed by atoms with Crippen LogP contribution >= 0.6 is 0 Å². The molecular formula is C14H21NO. The molecule has 0 heterocycles. The molecule has 1 aromatic rings. The van der Waals surface area contributed by atoms with E-state index in [4.69, 9.17) is 4.74 Å². The predicted molar refractivity (Wildman–Crippen MR) is 68.4 cm³/mol. The first-order chi connectivity index (χ1) is 7.61. The minimum atomic E-state index is 0.295. The SMILES string of the molecule is C=C(C)C(COCc1ccccc1)N(C)C. The highest BCUT2D eigenvalue weighted by Crippen LogP contribution is 2.07. The Morgan fingerprint density at radius 1 is 1.31 bits per heavy atom. The van der Waals surface area contributed by atoms with Crippen LogP contribution in [0, 0.1) is 0 Å². The molecule has 1 unspecified atom stereocenters. The van der Waals surface area contributed by atoms with Crippen molar-refractivity contribution in [2.45, 2.75) is 19.6 Å². The monoisotopic (exact) mass is 219 g/mol. The first-order valence-electron chi connectivity index (χ1n) is 5.54. The molecule has 0 fully saturated rings. The Morgan fingerprint density at radius 2 is 1.94 bits per heavy atom. The number of ether oxygens (including phenoxy) is 1. The van der Waals surface area contributed by atoms with Crippen molar-refractivity contribution >= 4 is 0 Å². The number of hydrogen-bond acceptors (Lipinski definition) is 2. The molecule has 0 amide bonds. The van der Waals surface area contributed by atoms with Gasteiger partial charge in [-0.3, -0.25) is 0 Å². The molecule has 2 heteroatoms. The molecule has 0 aliphatic rings. The fourth-order valence-electron chi connectivity index (χ4n) is 1.59. The van der Waals surface area contributed by atoms with Gasteiger partial charge in [0.2, 0.25) is 0 Å². The number of hydrogen-bond donors (Lipinski definition) is 0. The third kappa shape index (κ3) is 4.17. The average Bonchev–Trinajstić information content (AvgIpc) is 2.24. The van der Waals surface area contributed by atoms with Crippen molar-refractivity contribution in [3.8, 4) is 0 Å². The summed E-state index contributed by atoms with van der Waals surface area (Å²) < 4.78 is 5.70. The van der Waals surface area contributed by atoms with Crippen LogP contribution in [0.1, 0.15) is 12.5 Å². The van der Waals surface area contributed by atoms with E-state index in [1.807, 2.05) is 39.2 Å². The van der Waals surface area contributed by atoms with Crippen molar-refractivity contribution in [3.63, 3.8) is 0 Å². The van der Waals surface area contributed by atoms with E-state index in [0.717, 1.165) is 5.57 Å². The lowest BCUT2D eigenvalue weighted by molar-refractivity contribution is 0.0806. The van der Waals surface area contributed by atoms with Gasteiger partial charge in [0.25, 0.3) is 0 Å². The lowest BCUT2D eigenvalue weighted by Gasteiger charge is -2.24. The van der Waals surface area contributed by atoms with E-state index in [-0.39, 0.29) is 0 Å². The van der Waals surface area contributed by atoms with Gasteiger partial charge in [-0.25, -0.2) is 0 Å². The minimum absolute atomic E-state index is 0.295. The van der Waals surface area contributed by atoms with Crippen LogP contribution in [-0.4, -0.2) is 31.6 Å². The van der Waals surface area contributed by atoms with Crippen molar-refractivity contribution in [3.05, 3.63) is 48.0 Å². The van der Waals surface area contributed by atoms with Gasteiger partial charge < -0.3 is 9.64 Å². The summed E-state index contributed by atoms with van der Waals surface area (Å²) in [5, 5.41) is 0. The van der Waals surface area contributed by atoms with Crippen molar-refractivity contribution in [2.24, 2.45) is 0 Å². The zero-order valence-electron chi connectivity index (χ0n) is 10.4. The predicted octanol–water partition coefficient (Wildman–Crippen LogP) is 2.71. The standard InChI is InChI=1S/C14H21NO/c1-12(2)14(15(3)4)11-16-10-13-8-6-5-7-9-13/h5-9,14H,1,10-11H2,2-4H3. The Bertz CT molecular complexity index is 319.